The number of rotatable bonds is 5. The number of aromatic hydroxyl groups is 1. The minimum absolute atomic E-state index is 0.0599. The van der Waals surface area contributed by atoms with Crippen molar-refractivity contribution in [3.8, 4) is 5.75 Å². The highest BCUT2D eigenvalue weighted by Crippen LogP contribution is 2.37. The van der Waals surface area contributed by atoms with Crippen LogP contribution in [0.3, 0.4) is 0 Å². The van der Waals surface area contributed by atoms with Crippen LogP contribution in [-0.2, 0) is 11.3 Å². The van der Waals surface area contributed by atoms with Gasteiger partial charge in [0.15, 0.2) is 0 Å². The first-order chi connectivity index (χ1) is 19.4. The fourth-order valence-electron chi connectivity index (χ4n) is 6.09. The summed E-state index contributed by atoms with van der Waals surface area (Å²) in [5.41, 5.74) is 5.56. The zero-order valence-electron chi connectivity index (χ0n) is 22.7. The molecule has 4 aliphatic rings. The molecule has 0 bridgehead atoms. The van der Waals surface area contributed by atoms with Gasteiger partial charge in [0.05, 0.1) is 29.6 Å². The summed E-state index contributed by atoms with van der Waals surface area (Å²) >= 11 is 0. The topological polar surface area (TPSA) is 101 Å². The van der Waals surface area contributed by atoms with E-state index in [2.05, 4.69) is 27.5 Å². The number of phenolic OH excluding ortho intramolecular Hbond substituents is 1. The van der Waals surface area contributed by atoms with Gasteiger partial charge >= 0.3 is 0 Å². The molecule has 2 aromatic rings. The van der Waals surface area contributed by atoms with E-state index in [0.717, 1.165) is 47.6 Å². The Balaban J connectivity index is 1.39. The Morgan fingerprint density at radius 1 is 1.20 bits per heavy atom. The lowest BCUT2D eigenvalue weighted by molar-refractivity contribution is -0.127. The van der Waals surface area contributed by atoms with Crippen molar-refractivity contribution in [3.05, 3.63) is 83.6 Å². The fourth-order valence-corrected chi connectivity index (χ4v) is 6.09. The van der Waals surface area contributed by atoms with Gasteiger partial charge in [0.25, 0.3) is 5.91 Å². The molecular weight excluding hydrogens is 504 g/mol. The molecule has 0 aliphatic carbocycles. The molecule has 1 N–H and O–H groups in total. The van der Waals surface area contributed by atoms with Gasteiger partial charge in [0, 0.05) is 30.3 Å². The molecule has 0 radical (unpaired) electrons. The van der Waals surface area contributed by atoms with Crippen molar-refractivity contribution in [2.24, 2.45) is 26.8 Å². The number of piperidine rings is 1. The molecule has 0 saturated carbocycles. The van der Waals surface area contributed by atoms with Crippen LogP contribution >= 0.6 is 0 Å². The molecule has 2 amide bonds. The third-order valence-electron chi connectivity index (χ3n) is 8.12. The number of hydrogen-bond donors (Lipinski definition) is 1. The quantitative estimate of drug-likeness (QED) is 0.590. The van der Waals surface area contributed by atoms with Gasteiger partial charge in [-0.2, -0.15) is 0 Å². The Labute approximate surface area is 233 Å². The third kappa shape index (κ3) is 4.46. The Kier molecular flexibility index (Phi) is 6.67. The van der Waals surface area contributed by atoms with Crippen LogP contribution in [0.1, 0.15) is 34.3 Å². The standard InChI is InChI=1S/C31H32N6O3/c1-4-27(39)36-13-7-8-20(16-36)23-15-24-28(30(35(2)3)33-18-32-24)29(34-23)19-11-12-22-21(14-19)17-37(31(22)40)25-9-5-6-10-26(25)38/h4-6,9-12,14-15,18,20,28,30,38H,1,7-8,13,16-17H2,2-3H3. The van der Waals surface area contributed by atoms with Gasteiger partial charge in [-0.05, 0) is 74.5 Å². The zero-order chi connectivity index (χ0) is 28.0. The Morgan fingerprint density at radius 2 is 2.02 bits per heavy atom. The molecule has 4 heterocycles. The third-order valence-corrected chi connectivity index (χ3v) is 8.12. The van der Waals surface area contributed by atoms with Crippen molar-refractivity contribution < 1.29 is 14.7 Å². The fraction of sp³-hybridized carbons (Fsp3) is 0.323. The van der Waals surface area contributed by atoms with Crippen molar-refractivity contribution in [1.82, 2.24) is 9.80 Å². The Hall–Kier alpha value is -4.37. The lowest BCUT2D eigenvalue weighted by atomic mass is 9.82. The summed E-state index contributed by atoms with van der Waals surface area (Å²) in [6.07, 6.45) is 6.71. The number of nitrogens with zero attached hydrogens (tertiary/aromatic N) is 6. The lowest BCUT2D eigenvalue weighted by Gasteiger charge is -2.37. The first kappa shape index (κ1) is 25.9. The van der Waals surface area contributed by atoms with E-state index in [4.69, 9.17) is 4.99 Å². The predicted molar refractivity (Wildman–Crippen MR) is 156 cm³/mol. The van der Waals surface area contributed by atoms with E-state index in [1.807, 2.05) is 43.3 Å². The van der Waals surface area contributed by atoms with Gasteiger partial charge in [0.2, 0.25) is 5.91 Å². The summed E-state index contributed by atoms with van der Waals surface area (Å²) < 4.78 is 0. The number of allylic oxidation sites excluding steroid dienone is 1. The predicted octanol–water partition coefficient (Wildman–Crippen LogP) is 3.65. The number of hydrogen-bond acceptors (Lipinski definition) is 7. The molecule has 6 rings (SSSR count). The van der Waals surface area contributed by atoms with E-state index in [0.29, 0.717) is 24.3 Å². The molecule has 9 heteroatoms. The van der Waals surface area contributed by atoms with Crippen LogP contribution < -0.4 is 4.90 Å². The minimum Gasteiger partial charge on any atom is -0.506 e. The van der Waals surface area contributed by atoms with Gasteiger partial charge in [0.1, 0.15) is 18.3 Å². The van der Waals surface area contributed by atoms with Crippen molar-refractivity contribution in [3.63, 3.8) is 0 Å². The Morgan fingerprint density at radius 3 is 2.80 bits per heavy atom. The number of anilines is 1. The maximum atomic E-state index is 13.3. The van der Waals surface area contributed by atoms with Gasteiger partial charge < -0.3 is 14.9 Å². The average molecular weight is 537 g/mol. The highest BCUT2D eigenvalue weighted by atomic mass is 16.3. The molecule has 0 spiro atoms. The molecule has 1 saturated heterocycles. The van der Waals surface area contributed by atoms with Gasteiger partial charge in [-0.25, -0.2) is 4.99 Å². The van der Waals surface area contributed by atoms with Crippen LogP contribution in [0.5, 0.6) is 5.75 Å². The smallest absolute Gasteiger partial charge is 0.259 e. The minimum atomic E-state index is -0.179. The van der Waals surface area contributed by atoms with Crippen LogP contribution in [0.25, 0.3) is 0 Å². The van der Waals surface area contributed by atoms with E-state index < -0.39 is 0 Å². The second-order valence-electron chi connectivity index (χ2n) is 10.8. The van der Waals surface area contributed by atoms with Crippen molar-refractivity contribution in [1.29, 1.82) is 0 Å². The molecule has 4 aliphatic heterocycles. The van der Waals surface area contributed by atoms with Crippen LogP contribution in [-0.4, -0.2) is 77.8 Å². The highest BCUT2D eigenvalue weighted by molar-refractivity contribution is 6.23. The average Bonchev–Trinajstić information content (AvgIpc) is 3.31. The molecule has 3 unspecified atom stereocenters. The number of benzene rings is 2. The highest BCUT2D eigenvalue weighted by Gasteiger charge is 2.39. The second kappa shape index (κ2) is 10.3. The number of amides is 2. The summed E-state index contributed by atoms with van der Waals surface area (Å²) in [4.78, 5) is 45.7. The van der Waals surface area contributed by atoms with E-state index >= 15 is 0 Å². The molecule has 9 nitrogen and oxygen atoms in total. The zero-order valence-corrected chi connectivity index (χ0v) is 22.7. The van der Waals surface area contributed by atoms with Gasteiger partial charge in [-0.15, -0.1) is 0 Å². The largest absolute Gasteiger partial charge is 0.506 e. The van der Waals surface area contributed by atoms with Crippen LogP contribution in [0.15, 0.2) is 81.9 Å². The van der Waals surface area contributed by atoms with E-state index in [-0.39, 0.29) is 35.6 Å². The van der Waals surface area contributed by atoms with Crippen LogP contribution in [0.2, 0.25) is 0 Å². The summed E-state index contributed by atoms with van der Waals surface area (Å²) in [5, 5.41) is 10.4. The summed E-state index contributed by atoms with van der Waals surface area (Å²) in [5.74, 6) is -0.223. The summed E-state index contributed by atoms with van der Waals surface area (Å²) in [6, 6.07) is 12.7. The molecule has 1 fully saturated rings. The summed E-state index contributed by atoms with van der Waals surface area (Å²) in [7, 11) is 3.99. The van der Waals surface area contributed by atoms with Gasteiger partial charge in [-0.1, -0.05) is 24.8 Å². The number of para-hydroxylation sites is 2. The first-order valence-corrected chi connectivity index (χ1v) is 13.6. The number of aliphatic imine (C=N–C) groups is 3. The summed E-state index contributed by atoms with van der Waals surface area (Å²) in [6.45, 7) is 5.32. The second-order valence-corrected chi connectivity index (χ2v) is 10.8. The van der Waals surface area contributed by atoms with Crippen molar-refractivity contribution in [2.45, 2.75) is 25.6 Å². The van der Waals surface area contributed by atoms with E-state index in [1.54, 1.807) is 29.4 Å². The molecule has 204 valence electrons. The van der Waals surface area contributed by atoms with Gasteiger partial charge in [-0.3, -0.25) is 24.5 Å². The van der Waals surface area contributed by atoms with E-state index in [9.17, 15) is 14.7 Å². The first-order valence-electron chi connectivity index (χ1n) is 13.6. The maximum absolute atomic E-state index is 13.3. The van der Waals surface area contributed by atoms with Crippen LogP contribution in [0.4, 0.5) is 5.69 Å². The maximum Gasteiger partial charge on any atom is 0.259 e. The molecule has 0 aromatic heterocycles. The number of carbonyl (C=O) groups is 2. The molecule has 40 heavy (non-hydrogen) atoms. The molecule has 3 atom stereocenters. The Bertz CT molecular complexity index is 1520. The van der Waals surface area contributed by atoms with Crippen molar-refractivity contribution in [2.75, 3.05) is 32.1 Å². The number of phenols is 1. The molecule has 2 aromatic carbocycles. The SMILES string of the molecule is C=CC(=O)N1CCCC(C2=CC3=NC=NC(N(C)C)C3C(c3ccc4c(c3)CN(c3ccccc3O)C4=O)=N2)C1. The normalized spacial score (nSPS) is 23.8. The monoisotopic (exact) mass is 536 g/mol. The lowest BCUT2D eigenvalue weighted by Crippen LogP contribution is -2.46. The number of fused-ring (bicyclic) bond motifs is 2. The van der Waals surface area contributed by atoms with Crippen molar-refractivity contribution >= 4 is 35.3 Å². The van der Waals surface area contributed by atoms with Crippen LogP contribution in [0, 0.1) is 11.8 Å². The van der Waals surface area contributed by atoms with E-state index in [1.165, 1.54) is 6.08 Å². The number of likely N-dealkylation sites (tertiary alicyclic amines) is 1. The molecular formula is C31H32N6O3. The number of carbonyl (C=O) groups excluding carboxylic acids is 2.